The highest BCUT2D eigenvalue weighted by Gasteiger charge is 2.21. The highest BCUT2D eigenvalue weighted by molar-refractivity contribution is 5.80. The number of aryl methyl sites for hydroxylation is 1. The molecule has 0 saturated carbocycles. The van der Waals surface area contributed by atoms with Crippen molar-refractivity contribution < 1.29 is 4.74 Å². The van der Waals surface area contributed by atoms with Crippen molar-refractivity contribution in [2.24, 2.45) is 0 Å². The SMILES string of the molecule is COCCn1nnnc1C(NCCCn1ccnc1)c1ccc2[nH]ccc2c1. The van der Waals surface area contributed by atoms with Gasteiger partial charge in [0.05, 0.1) is 25.5 Å². The number of ether oxygens (including phenoxy) is 1. The molecule has 4 rings (SSSR count). The maximum absolute atomic E-state index is 5.19. The number of hydrogen-bond donors (Lipinski definition) is 2. The van der Waals surface area contributed by atoms with Gasteiger partial charge in [-0.3, -0.25) is 0 Å². The number of hydrogen-bond acceptors (Lipinski definition) is 6. The van der Waals surface area contributed by atoms with E-state index in [0.29, 0.717) is 13.2 Å². The van der Waals surface area contributed by atoms with Crippen molar-refractivity contribution in [2.75, 3.05) is 20.3 Å². The Bertz CT molecular complexity index is 990. The van der Waals surface area contributed by atoms with Crippen LogP contribution in [-0.4, -0.2) is 55.0 Å². The highest BCUT2D eigenvalue weighted by atomic mass is 16.5. The van der Waals surface area contributed by atoms with Crippen molar-refractivity contribution in [1.82, 2.24) is 40.1 Å². The van der Waals surface area contributed by atoms with Crippen LogP contribution in [0.2, 0.25) is 0 Å². The first-order valence-corrected chi connectivity index (χ1v) is 9.36. The number of nitrogens with zero attached hydrogens (tertiary/aromatic N) is 6. The van der Waals surface area contributed by atoms with Crippen LogP contribution < -0.4 is 5.32 Å². The molecule has 3 aromatic heterocycles. The first kappa shape index (κ1) is 18.3. The average Bonchev–Trinajstić information content (AvgIpc) is 3.47. The molecule has 0 aliphatic heterocycles. The molecule has 0 aliphatic carbocycles. The van der Waals surface area contributed by atoms with Gasteiger partial charge in [-0.1, -0.05) is 6.07 Å². The zero-order valence-corrected chi connectivity index (χ0v) is 15.8. The molecule has 2 N–H and O–H groups in total. The molecule has 1 aromatic carbocycles. The second-order valence-electron chi connectivity index (χ2n) is 6.62. The minimum absolute atomic E-state index is 0.103. The molecule has 0 fully saturated rings. The lowest BCUT2D eigenvalue weighted by Crippen LogP contribution is -2.28. The number of benzene rings is 1. The average molecular weight is 380 g/mol. The molecule has 0 radical (unpaired) electrons. The number of tetrazole rings is 1. The number of aromatic nitrogens is 7. The second-order valence-corrected chi connectivity index (χ2v) is 6.62. The Morgan fingerprint density at radius 1 is 1.25 bits per heavy atom. The van der Waals surface area contributed by atoms with E-state index in [2.05, 4.69) is 59.6 Å². The zero-order valence-electron chi connectivity index (χ0n) is 15.8. The van der Waals surface area contributed by atoms with E-state index in [9.17, 15) is 0 Å². The molecule has 0 spiro atoms. The molecule has 0 bridgehead atoms. The predicted octanol–water partition coefficient (Wildman–Crippen LogP) is 1.77. The van der Waals surface area contributed by atoms with E-state index in [1.165, 1.54) is 5.39 Å². The van der Waals surface area contributed by atoms with Crippen LogP contribution in [-0.2, 0) is 17.8 Å². The summed E-state index contributed by atoms with van der Waals surface area (Å²) in [7, 11) is 1.68. The van der Waals surface area contributed by atoms with E-state index < -0.39 is 0 Å². The van der Waals surface area contributed by atoms with Gasteiger partial charge in [0, 0.05) is 37.8 Å². The smallest absolute Gasteiger partial charge is 0.172 e. The van der Waals surface area contributed by atoms with E-state index in [1.54, 1.807) is 18.0 Å². The van der Waals surface area contributed by atoms with Crippen LogP contribution in [0, 0.1) is 0 Å². The maximum Gasteiger partial charge on any atom is 0.172 e. The summed E-state index contributed by atoms with van der Waals surface area (Å²) in [6.07, 6.45) is 8.53. The van der Waals surface area contributed by atoms with Gasteiger partial charge in [0.1, 0.15) is 0 Å². The third kappa shape index (κ3) is 4.10. The molecule has 146 valence electrons. The summed E-state index contributed by atoms with van der Waals surface area (Å²) in [5.74, 6) is 0.787. The van der Waals surface area contributed by atoms with Crippen LogP contribution in [0.25, 0.3) is 10.9 Å². The molecule has 9 heteroatoms. The summed E-state index contributed by atoms with van der Waals surface area (Å²) in [6.45, 7) is 2.90. The third-order valence-corrected chi connectivity index (χ3v) is 4.74. The zero-order chi connectivity index (χ0) is 19.2. The standard InChI is InChI=1S/C19H24N8O/c1-28-12-11-27-19(23-24-25-27)18(22-6-2-9-26-10-8-20-14-26)16-3-4-17-15(13-16)5-7-21-17/h3-5,7-8,10,13-14,18,21-22H,2,6,9,11-12H2,1H3. The Kier molecular flexibility index (Phi) is 5.74. The van der Waals surface area contributed by atoms with Crippen molar-refractivity contribution in [3.63, 3.8) is 0 Å². The summed E-state index contributed by atoms with van der Waals surface area (Å²) in [5, 5.41) is 17.1. The van der Waals surface area contributed by atoms with Gasteiger partial charge in [0.2, 0.25) is 0 Å². The van der Waals surface area contributed by atoms with Gasteiger partial charge in [0.25, 0.3) is 0 Å². The van der Waals surface area contributed by atoms with Crippen LogP contribution in [0.5, 0.6) is 0 Å². The number of fused-ring (bicyclic) bond motifs is 1. The molecule has 28 heavy (non-hydrogen) atoms. The Hall–Kier alpha value is -3.04. The van der Waals surface area contributed by atoms with Crippen LogP contribution in [0.4, 0.5) is 0 Å². The van der Waals surface area contributed by atoms with Crippen molar-refractivity contribution in [3.8, 4) is 0 Å². The second kappa shape index (κ2) is 8.77. The minimum atomic E-state index is -0.103. The van der Waals surface area contributed by atoms with E-state index in [4.69, 9.17) is 4.74 Å². The van der Waals surface area contributed by atoms with Crippen molar-refractivity contribution >= 4 is 10.9 Å². The topological polar surface area (TPSA) is 98.5 Å². The molecular formula is C19H24N8O. The number of rotatable bonds is 10. The number of H-pyrrole nitrogens is 1. The molecule has 1 atom stereocenters. The molecular weight excluding hydrogens is 356 g/mol. The van der Waals surface area contributed by atoms with Crippen LogP contribution in [0.3, 0.4) is 0 Å². The lowest BCUT2D eigenvalue weighted by Gasteiger charge is -2.19. The van der Waals surface area contributed by atoms with Gasteiger partial charge in [-0.15, -0.1) is 5.10 Å². The molecule has 0 aliphatic rings. The Balaban J connectivity index is 1.54. The fourth-order valence-electron chi connectivity index (χ4n) is 3.29. The minimum Gasteiger partial charge on any atom is -0.383 e. The lowest BCUT2D eigenvalue weighted by atomic mass is 10.0. The van der Waals surface area contributed by atoms with E-state index in [-0.39, 0.29) is 6.04 Å². The monoisotopic (exact) mass is 380 g/mol. The summed E-state index contributed by atoms with van der Waals surface area (Å²) in [6, 6.07) is 8.35. The van der Waals surface area contributed by atoms with Crippen LogP contribution in [0.1, 0.15) is 23.9 Å². The Labute approximate surface area is 162 Å². The number of nitrogens with one attached hydrogen (secondary N) is 2. The normalized spacial score (nSPS) is 12.6. The molecule has 0 saturated heterocycles. The molecule has 9 nitrogen and oxygen atoms in total. The van der Waals surface area contributed by atoms with E-state index in [1.807, 2.05) is 18.7 Å². The first-order valence-electron chi connectivity index (χ1n) is 9.36. The van der Waals surface area contributed by atoms with Gasteiger partial charge in [0.15, 0.2) is 5.82 Å². The van der Waals surface area contributed by atoms with Gasteiger partial charge in [-0.25, -0.2) is 9.67 Å². The largest absolute Gasteiger partial charge is 0.383 e. The summed E-state index contributed by atoms with van der Waals surface area (Å²) < 4.78 is 9.07. The molecule has 3 heterocycles. The highest BCUT2D eigenvalue weighted by Crippen LogP contribution is 2.24. The summed E-state index contributed by atoms with van der Waals surface area (Å²) in [4.78, 5) is 7.32. The molecule has 1 unspecified atom stereocenters. The molecule has 0 amide bonds. The fraction of sp³-hybridized carbons (Fsp3) is 0.368. The first-order chi connectivity index (χ1) is 13.8. The predicted molar refractivity (Wildman–Crippen MR) is 105 cm³/mol. The Morgan fingerprint density at radius 3 is 3.07 bits per heavy atom. The van der Waals surface area contributed by atoms with Gasteiger partial charge >= 0.3 is 0 Å². The fourth-order valence-corrected chi connectivity index (χ4v) is 3.29. The Morgan fingerprint density at radius 2 is 2.21 bits per heavy atom. The van der Waals surface area contributed by atoms with E-state index >= 15 is 0 Å². The van der Waals surface area contributed by atoms with Crippen molar-refractivity contribution in [1.29, 1.82) is 0 Å². The number of imidazole rings is 1. The van der Waals surface area contributed by atoms with Crippen LogP contribution in [0.15, 0.2) is 49.2 Å². The summed E-state index contributed by atoms with van der Waals surface area (Å²) in [5.41, 5.74) is 2.24. The summed E-state index contributed by atoms with van der Waals surface area (Å²) >= 11 is 0. The lowest BCUT2D eigenvalue weighted by molar-refractivity contribution is 0.181. The van der Waals surface area contributed by atoms with E-state index in [0.717, 1.165) is 36.4 Å². The van der Waals surface area contributed by atoms with Gasteiger partial charge < -0.3 is 19.6 Å². The van der Waals surface area contributed by atoms with Crippen molar-refractivity contribution in [3.05, 3.63) is 60.6 Å². The number of aromatic amines is 1. The third-order valence-electron chi connectivity index (χ3n) is 4.74. The number of methoxy groups -OCH3 is 1. The molecule has 4 aromatic rings. The maximum atomic E-state index is 5.19. The van der Waals surface area contributed by atoms with Gasteiger partial charge in [-0.2, -0.15) is 0 Å². The quantitative estimate of drug-likeness (QED) is 0.407. The van der Waals surface area contributed by atoms with Gasteiger partial charge in [-0.05, 0) is 52.5 Å². The van der Waals surface area contributed by atoms with Crippen LogP contribution >= 0.6 is 0 Å². The van der Waals surface area contributed by atoms with Crippen molar-refractivity contribution in [2.45, 2.75) is 25.6 Å².